The summed E-state index contributed by atoms with van der Waals surface area (Å²) in [6.45, 7) is 0. The number of nitrogens with two attached hydrogens (primary N) is 3. The van der Waals surface area contributed by atoms with Crippen LogP contribution in [0.5, 0.6) is 5.75 Å². The van der Waals surface area contributed by atoms with Crippen LogP contribution in [0.2, 0.25) is 0 Å². The third kappa shape index (κ3) is 3.61. The van der Waals surface area contributed by atoms with E-state index in [-0.39, 0.29) is 23.4 Å². The molecule has 0 spiro atoms. The first-order valence-electron chi connectivity index (χ1n) is 4.44. The summed E-state index contributed by atoms with van der Waals surface area (Å²) >= 11 is 0. The number of hydrogen-bond acceptors (Lipinski definition) is 4. The SMILES string of the molecule is NC(N)=NC(N)=Nc1cc(S(=O)(=O)O)ccc1O. The van der Waals surface area contributed by atoms with E-state index in [0.717, 1.165) is 18.2 Å². The predicted octanol–water partition coefficient (Wildman–Crippen LogP) is -1.14. The van der Waals surface area contributed by atoms with Crippen molar-refractivity contribution in [2.24, 2.45) is 27.2 Å². The van der Waals surface area contributed by atoms with Crippen molar-refractivity contribution in [3.05, 3.63) is 18.2 Å². The van der Waals surface area contributed by atoms with Gasteiger partial charge in [-0.1, -0.05) is 0 Å². The van der Waals surface area contributed by atoms with Gasteiger partial charge in [-0.3, -0.25) is 4.55 Å². The molecule has 0 aromatic heterocycles. The molecule has 0 unspecified atom stereocenters. The van der Waals surface area contributed by atoms with E-state index in [2.05, 4.69) is 9.98 Å². The van der Waals surface area contributed by atoms with E-state index in [1.165, 1.54) is 0 Å². The molecule has 18 heavy (non-hydrogen) atoms. The summed E-state index contributed by atoms with van der Waals surface area (Å²) in [7, 11) is -4.41. The average molecular weight is 273 g/mol. The molecule has 1 aromatic carbocycles. The zero-order valence-electron chi connectivity index (χ0n) is 8.98. The molecule has 10 heteroatoms. The van der Waals surface area contributed by atoms with E-state index in [1.54, 1.807) is 0 Å². The third-order valence-corrected chi connectivity index (χ3v) is 2.57. The van der Waals surface area contributed by atoms with Crippen molar-refractivity contribution in [1.29, 1.82) is 0 Å². The molecule has 0 atom stereocenters. The first-order valence-corrected chi connectivity index (χ1v) is 5.88. The summed E-state index contributed by atoms with van der Waals surface area (Å²) in [5.41, 5.74) is 15.2. The van der Waals surface area contributed by atoms with Crippen molar-refractivity contribution >= 4 is 27.7 Å². The fourth-order valence-electron chi connectivity index (χ4n) is 1.03. The lowest BCUT2D eigenvalue weighted by Crippen LogP contribution is -2.26. The molecule has 1 rings (SSSR count). The minimum Gasteiger partial charge on any atom is -0.506 e. The van der Waals surface area contributed by atoms with Crippen LogP contribution in [0.25, 0.3) is 0 Å². The molecule has 98 valence electrons. The molecule has 0 radical (unpaired) electrons. The van der Waals surface area contributed by atoms with Crippen molar-refractivity contribution in [2.45, 2.75) is 4.90 Å². The molecule has 0 bridgehead atoms. The molecule has 0 heterocycles. The Hall–Kier alpha value is -2.33. The fourth-order valence-corrected chi connectivity index (χ4v) is 1.53. The molecule has 0 saturated carbocycles. The summed E-state index contributed by atoms with van der Waals surface area (Å²) in [6, 6.07) is 2.95. The first kappa shape index (κ1) is 13.7. The van der Waals surface area contributed by atoms with Gasteiger partial charge >= 0.3 is 0 Å². The van der Waals surface area contributed by atoms with E-state index in [9.17, 15) is 13.5 Å². The van der Waals surface area contributed by atoms with E-state index in [1.807, 2.05) is 0 Å². The minimum atomic E-state index is -4.41. The van der Waals surface area contributed by atoms with Crippen LogP contribution in [-0.2, 0) is 10.1 Å². The monoisotopic (exact) mass is 273 g/mol. The highest BCUT2D eigenvalue weighted by molar-refractivity contribution is 7.85. The van der Waals surface area contributed by atoms with Crippen LogP contribution in [0.1, 0.15) is 0 Å². The number of aliphatic imine (C=N–C) groups is 2. The topological polar surface area (TPSA) is 177 Å². The van der Waals surface area contributed by atoms with Crippen LogP contribution in [0, 0.1) is 0 Å². The van der Waals surface area contributed by atoms with Crippen LogP contribution in [0.3, 0.4) is 0 Å². The second kappa shape index (κ2) is 4.89. The summed E-state index contributed by atoms with van der Waals surface area (Å²) in [4.78, 5) is 6.53. The number of phenolic OH excluding ortho intramolecular Hbond substituents is 1. The molecular weight excluding hydrogens is 262 g/mol. The predicted molar refractivity (Wildman–Crippen MR) is 65.0 cm³/mol. The highest BCUT2D eigenvalue weighted by Gasteiger charge is 2.12. The molecule has 1 aromatic rings. The summed E-state index contributed by atoms with van der Waals surface area (Å²) in [5, 5.41) is 9.43. The zero-order valence-corrected chi connectivity index (χ0v) is 9.79. The Morgan fingerprint density at radius 1 is 1.22 bits per heavy atom. The van der Waals surface area contributed by atoms with E-state index in [0.29, 0.717) is 0 Å². The van der Waals surface area contributed by atoms with Gasteiger partial charge in [0.05, 0.1) is 4.90 Å². The van der Waals surface area contributed by atoms with Crippen LogP contribution in [0.4, 0.5) is 5.69 Å². The Labute approximate surface area is 102 Å². The zero-order chi connectivity index (χ0) is 13.9. The van der Waals surface area contributed by atoms with Gasteiger partial charge in [0.15, 0.2) is 5.96 Å². The molecular formula is C8H11N5O4S. The van der Waals surface area contributed by atoms with Crippen LogP contribution >= 0.6 is 0 Å². The van der Waals surface area contributed by atoms with Crippen LogP contribution in [0.15, 0.2) is 33.1 Å². The van der Waals surface area contributed by atoms with Crippen LogP contribution in [-0.4, -0.2) is 30.0 Å². The number of aromatic hydroxyl groups is 1. The van der Waals surface area contributed by atoms with Gasteiger partial charge in [-0.25, -0.2) is 4.99 Å². The minimum absolute atomic E-state index is 0.201. The number of phenols is 1. The van der Waals surface area contributed by atoms with Gasteiger partial charge in [-0.2, -0.15) is 13.4 Å². The third-order valence-electron chi connectivity index (χ3n) is 1.72. The van der Waals surface area contributed by atoms with Gasteiger partial charge in [0, 0.05) is 0 Å². The van der Waals surface area contributed by atoms with Gasteiger partial charge in [-0.05, 0) is 18.2 Å². The summed E-state index contributed by atoms with van der Waals surface area (Å²) in [5.74, 6) is -1.07. The van der Waals surface area contributed by atoms with E-state index in [4.69, 9.17) is 21.8 Å². The molecule has 0 aliphatic rings. The molecule has 0 amide bonds. The number of nitrogens with zero attached hydrogens (tertiary/aromatic N) is 2. The second-order valence-electron chi connectivity index (χ2n) is 3.13. The first-order chi connectivity index (χ1) is 8.20. The Kier molecular flexibility index (Phi) is 3.73. The maximum absolute atomic E-state index is 10.9. The highest BCUT2D eigenvalue weighted by Crippen LogP contribution is 2.28. The van der Waals surface area contributed by atoms with Gasteiger partial charge in [0.2, 0.25) is 5.96 Å². The van der Waals surface area contributed by atoms with Crippen molar-refractivity contribution in [2.75, 3.05) is 0 Å². The standard InChI is InChI=1S/C8H11N5O4S/c9-7(10)13-8(11)12-5-3-4(18(15,16)17)1-2-6(5)14/h1-3,14H,(H,15,16,17)(H6,9,10,11,12,13). The van der Waals surface area contributed by atoms with Gasteiger partial charge in [0.1, 0.15) is 11.4 Å². The molecule has 8 N–H and O–H groups in total. The molecule has 0 fully saturated rings. The molecule has 0 aliphatic carbocycles. The average Bonchev–Trinajstić information content (AvgIpc) is 2.18. The highest BCUT2D eigenvalue weighted by atomic mass is 32.2. The Morgan fingerprint density at radius 2 is 1.83 bits per heavy atom. The van der Waals surface area contributed by atoms with Gasteiger partial charge < -0.3 is 22.3 Å². The number of rotatable bonds is 2. The van der Waals surface area contributed by atoms with Crippen molar-refractivity contribution in [3.63, 3.8) is 0 Å². The lowest BCUT2D eigenvalue weighted by atomic mass is 10.3. The fraction of sp³-hybridized carbons (Fsp3) is 0. The molecule has 9 nitrogen and oxygen atoms in total. The van der Waals surface area contributed by atoms with Crippen molar-refractivity contribution in [1.82, 2.24) is 0 Å². The number of hydrogen-bond donors (Lipinski definition) is 5. The number of guanidine groups is 2. The van der Waals surface area contributed by atoms with Crippen molar-refractivity contribution < 1.29 is 18.1 Å². The quantitative estimate of drug-likeness (QED) is 0.256. The van der Waals surface area contributed by atoms with Crippen molar-refractivity contribution in [3.8, 4) is 5.75 Å². The maximum atomic E-state index is 10.9. The van der Waals surface area contributed by atoms with E-state index >= 15 is 0 Å². The Morgan fingerprint density at radius 3 is 2.33 bits per heavy atom. The largest absolute Gasteiger partial charge is 0.506 e. The summed E-state index contributed by atoms with van der Waals surface area (Å²) in [6.07, 6.45) is 0. The van der Waals surface area contributed by atoms with Crippen LogP contribution < -0.4 is 17.2 Å². The Bertz CT molecular complexity index is 618. The van der Waals surface area contributed by atoms with Gasteiger partial charge in [0.25, 0.3) is 10.1 Å². The number of benzene rings is 1. The van der Waals surface area contributed by atoms with E-state index < -0.39 is 15.0 Å². The smallest absolute Gasteiger partial charge is 0.294 e. The molecule has 0 saturated heterocycles. The lowest BCUT2D eigenvalue weighted by molar-refractivity contribution is 0.474. The lowest BCUT2D eigenvalue weighted by Gasteiger charge is -2.02. The normalized spacial score (nSPS) is 12.2. The second-order valence-corrected chi connectivity index (χ2v) is 4.55. The maximum Gasteiger partial charge on any atom is 0.294 e. The van der Waals surface area contributed by atoms with Gasteiger partial charge in [-0.15, -0.1) is 0 Å². The molecule has 0 aliphatic heterocycles. The summed E-state index contributed by atoms with van der Waals surface area (Å²) < 4.78 is 30.6. The Balaban J connectivity index is 3.30.